The molecule has 1 aliphatic rings. The molecule has 0 atom stereocenters. The van der Waals surface area contributed by atoms with E-state index in [4.69, 9.17) is 37.9 Å². The first-order valence-corrected chi connectivity index (χ1v) is 33.2. The van der Waals surface area contributed by atoms with Crippen molar-refractivity contribution in [2.24, 2.45) is 0 Å². The first kappa shape index (κ1) is 66.1. The Morgan fingerprint density at radius 2 is 0.275 bits per heavy atom. The van der Waals surface area contributed by atoms with Gasteiger partial charge in [-0.2, -0.15) is 0 Å². The molecule has 0 N–H and O–H groups in total. The van der Waals surface area contributed by atoms with Crippen LogP contribution in [-0.2, 0) is 0 Å². The smallest absolute Gasteiger partial charge is 0.161 e. The largest absolute Gasteiger partial charge is 0.490 e. The summed E-state index contributed by atoms with van der Waals surface area (Å²) in [7, 11) is 0. The summed E-state index contributed by atoms with van der Waals surface area (Å²) in [5.41, 5.74) is 8.33. The van der Waals surface area contributed by atoms with Crippen molar-refractivity contribution in [2.45, 2.75) is 261 Å². The van der Waals surface area contributed by atoms with Gasteiger partial charge in [0.2, 0.25) is 0 Å². The second-order valence-electron chi connectivity index (χ2n) is 22.7. The SMILES string of the molecule is CCCCCCOc1cc2c(cc1OCCCCCC)-c1cc(OCCCCCC)c(OCCCCCC)cc1-c1cc(OCCCCCC)c(OCCCCCC)cc1-c1cc(OCCCCCC)c(OCCCCCC)cc1-2. The van der Waals surface area contributed by atoms with Gasteiger partial charge in [0.05, 0.1) is 52.9 Å². The van der Waals surface area contributed by atoms with Crippen LogP contribution in [0.3, 0.4) is 0 Å². The normalized spacial score (nSPS) is 11.5. The van der Waals surface area contributed by atoms with Gasteiger partial charge in [-0.25, -0.2) is 0 Å². The molecule has 8 nitrogen and oxygen atoms in total. The molecule has 1 aliphatic carbocycles. The zero-order valence-corrected chi connectivity index (χ0v) is 52.2. The molecule has 0 spiro atoms. The van der Waals surface area contributed by atoms with Gasteiger partial charge in [-0.05, 0) is 144 Å². The minimum atomic E-state index is 0.614. The molecule has 0 saturated carbocycles. The maximum Gasteiger partial charge on any atom is 0.161 e. The number of hydrogen-bond acceptors (Lipinski definition) is 8. The quantitative estimate of drug-likeness (QED) is 0.0357. The molecular weight excluding hydrogens is 993 g/mol. The van der Waals surface area contributed by atoms with Crippen molar-refractivity contribution in [2.75, 3.05) is 52.9 Å². The molecule has 0 radical (unpaired) electrons. The third kappa shape index (κ3) is 22.2. The Kier molecular flexibility index (Phi) is 33.4. The van der Waals surface area contributed by atoms with E-state index in [1.165, 1.54) is 103 Å². The number of fused-ring (bicyclic) bond motifs is 8. The highest BCUT2D eigenvalue weighted by molar-refractivity contribution is 6.05. The Hall–Kier alpha value is -4.72. The van der Waals surface area contributed by atoms with Crippen molar-refractivity contribution in [3.8, 4) is 90.5 Å². The summed E-state index contributed by atoms with van der Waals surface area (Å²) in [4.78, 5) is 0. The summed E-state index contributed by atoms with van der Waals surface area (Å²) >= 11 is 0. The van der Waals surface area contributed by atoms with Crippen LogP contribution in [0.4, 0.5) is 0 Å². The lowest BCUT2D eigenvalue weighted by molar-refractivity contribution is 0.258. The molecule has 0 unspecified atom stereocenters. The van der Waals surface area contributed by atoms with Gasteiger partial charge in [0.15, 0.2) is 46.0 Å². The van der Waals surface area contributed by atoms with Gasteiger partial charge in [-0.1, -0.05) is 209 Å². The van der Waals surface area contributed by atoms with Crippen LogP contribution < -0.4 is 37.9 Å². The molecule has 0 aromatic heterocycles. The van der Waals surface area contributed by atoms with E-state index in [9.17, 15) is 0 Å². The van der Waals surface area contributed by atoms with Gasteiger partial charge >= 0.3 is 0 Å². The van der Waals surface area contributed by atoms with E-state index in [1.54, 1.807) is 0 Å². The van der Waals surface area contributed by atoms with Crippen LogP contribution >= 0.6 is 0 Å². The lowest BCUT2D eigenvalue weighted by Crippen LogP contribution is -2.08. The monoisotopic (exact) mass is 1100 g/mol. The Morgan fingerprint density at radius 1 is 0.163 bits per heavy atom. The number of benzene rings is 4. The Morgan fingerprint density at radius 3 is 0.375 bits per heavy atom. The Labute approximate surface area is 488 Å². The van der Waals surface area contributed by atoms with E-state index in [-0.39, 0.29) is 0 Å². The van der Waals surface area contributed by atoms with Crippen molar-refractivity contribution in [1.29, 1.82) is 0 Å². The minimum absolute atomic E-state index is 0.614. The van der Waals surface area contributed by atoms with Crippen LogP contribution in [0.1, 0.15) is 261 Å². The van der Waals surface area contributed by atoms with Crippen molar-refractivity contribution in [3.05, 3.63) is 48.5 Å². The van der Waals surface area contributed by atoms with Crippen molar-refractivity contribution >= 4 is 0 Å². The van der Waals surface area contributed by atoms with Crippen molar-refractivity contribution in [3.63, 3.8) is 0 Å². The predicted octanol–water partition coefficient (Wildman–Crippen LogP) is 22.3. The molecule has 0 heterocycles. The van der Waals surface area contributed by atoms with Gasteiger partial charge in [-0.15, -0.1) is 0 Å². The van der Waals surface area contributed by atoms with E-state index < -0.39 is 0 Å². The number of rotatable bonds is 48. The summed E-state index contributed by atoms with van der Waals surface area (Å²) in [6.45, 7) is 23.0. The highest BCUT2D eigenvalue weighted by atomic mass is 16.5. The molecule has 5 rings (SSSR count). The molecule has 0 aliphatic heterocycles. The van der Waals surface area contributed by atoms with Crippen LogP contribution in [0.5, 0.6) is 46.0 Å². The topological polar surface area (TPSA) is 73.8 Å². The van der Waals surface area contributed by atoms with Crippen molar-refractivity contribution < 1.29 is 37.9 Å². The lowest BCUT2D eigenvalue weighted by atomic mass is 9.80. The summed E-state index contributed by atoms with van der Waals surface area (Å²) in [5.74, 6) is 6.15. The summed E-state index contributed by atoms with van der Waals surface area (Å²) in [6.07, 6.45) is 35.7. The van der Waals surface area contributed by atoms with Crippen molar-refractivity contribution in [1.82, 2.24) is 0 Å². The maximum atomic E-state index is 6.92. The second-order valence-corrected chi connectivity index (χ2v) is 22.7. The van der Waals surface area contributed by atoms with Gasteiger partial charge < -0.3 is 37.9 Å². The minimum Gasteiger partial charge on any atom is -0.490 e. The molecule has 4 aromatic carbocycles. The second kappa shape index (κ2) is 40.5. The molecule has 0 bridgehead atoms. The van der Waals surface area contributed by atoms with E-state index >= 15 is 0 Å². The third-order valence-corrected chi connectivity index (χ3v) is 15.5. The standard InChI is InChI=1S/C72H112O8/c1-9-17-25-33-41-73-65-49-57-58(50-66(65)74-42-34-26-18-10-2)60-52-68(76-44-36-28-20-12-4)70(78-46-38-30-22-14-6)54-62(60)64-56-72(80-48-40-32-24-16-8)71(79-47-39-31-23-15-7)55-63(64)61-53-69(77-45-37-29-21-13-5)67(51-59(57)61)75-43-35-27-19-11-3/h49-56H,9-48H2,1-8H3. The summed E-state index contributed by atoms with van der Waals surface area (Å²) < 4.78 is 55.4. The molecule has 448 valence electrons. The zero-order chi connectivity index (χ0) is 56.8. The van der Waals surface area contributed by atoms with E-state index in [1.807, 2.05) is 0 Å². The average Bonchev–Trinajstić information content (AvgIpc) is 3.67. The Balaban J connectivity index is 1.91. The first-order chi connectivity index (χ1) is 39.5. The fraction of sp³-hybridized carbons (Fsp3) is 0.667. The maximum absolute atomic E-state index is 6.92. The molecule has 8 heteroatoms. The van der Waals surface area contributed by atoms with Gasteiger partial charge in [0, 0.05) is 0 Å². The van der Waals surface area contributed by atoms with Gasteiger partial charge in [0.1, 0.15) is 0 Å². The molecular formula is C72H112O8. The number of unbranched alkanes of at least 4 members (excludes halogenated alkanes) is 24. The number of ether oxygens (including phenoxy) is 8. The highest BCUT2D eigenvalue weighted by Gasteiger charge is 2.30. The molecule has 0 fully saturated rings. The molecule has 0 amide bonds. The van der Waals surface area contributed by atoms with Gasteiger partial charge in [-0.3, -0.25) is 0 Å². The fourth-order valence-corrected chi connectivity index (χ4v) is 10.6. The Bertz CT molecular complexity index is 1780. The average molecular weight is 1110 g/mol. The van der Waals surface area contributed by atoms with E-state index in [0.717, 1.165) is 193 Å². The first-order valence-electron chi connectivity index (χ1n) is 33.2. The van der Waals surface area contributed by atoms with Crippen LogP contribution in [0.25, 0.3) is 44.5 Å². The third-order valence-electron chi connectivity index (χ3n) is 15.5. The highest BCUT2D eigenvalue weighted by Crippen LogP contribution is 2.56. The zero-order valence-electron chi connectivity index (χ0n) is 52.2. The number of hydrogen-bond donors (Lipinski definition) is 0. The van der Waals surface area contributed by atoms with Crippen LogP contribution in [0.2, 0.25) is 0 Å². The van der Waals surface area contributed by atoms with Gasteiger partial charge in [0.25, 0.3) is 0 Å². The molecule has 4 aromatic rings. The van der Waals surface area contributed by atoms with E-state index in [0.29, 0.717) is 52.9 Å². The van der Waals surface area contributed by atoms with E-state index in [2.05, 4.69) is 104 Å². The van der Waals surface area contributed by atoms with Crippen LogP contribution in [-0.4, -0.2) is 52.9 Å². The van der Waals surface area contributed by atoms with Crippen LogP contribution in [0, 0.1) is 0 Å². The lowest BCUT2D eigenvalue weighted by Gasteiger charge is -2.28. The fourth-order valence-electron chi connectivity index (χ4n) is 10.6. The molecule has 0 saturated heterocycles. The summed E-state index contributed by atoms with van der Waals surface area (Å²) in [5, 5.41) is 0. The predicted molar refractivity (Wildman–Crippen MR) is 339 cm³/mol. The van der Waals surface area contributed by atoms with Crippen LogP contribution in [0.15, 0.2) is 48.5 Å². The molecule has 80 heavy (non-hydrogen) atoms. The summed E-state index contributed by atoms with van der Waals surface area (Å²) in [6, 6.07) is 18.1.